The third-order valence-corrected chi connectivity index (χ3v) is 5.48. The lowest BCUT2D eigenvalue weighted by molar-refractivity contribution is -0.116. The molecule has 9 heteroatoms. The van der Waals surface area contributed by atoms with E-state index < -0.39 is 5.50 Å². The number of anilines is 1. The average molecular weight is 472 g/mol. The third-order valence-electron chi connectivity index (χ3n) is 3.75. The fourth-order valence-corrected chi connectivity index (χ4v) is 4.09. The molecular weight excluding hydrogens is 456 g/mol. The molecule has 0 aliphatic carbocycles. The van der Waals surface area contributed by atoms with E-state index in [-0.39, 0.29) is 11.7 Å². The van der Waals surface area contributed by atoms with Crippen molar-refractivity contribution in [3.05, 3.63) is 50.3 Å². The summed E-state index contributed by atoms with van der Waals surface area (Å²) in [6, 6.07) is 8.55. The first-order chi connectivity index (χ1) is 12.9. The van der Waals surface area contributed by atoms with E-state index in [1.807, 2.05) is 0 Å². The van der Waals surface area contributed by atoms with Crippen LogP contribution in [-0.4, -0.2) is 30.7 Å². The Kier molecular flexibility index (Phi) is 6.08. The summed E-state index contributed by atoms with van der Waals surface area (Å²) in [5.41, 5.74) is 0.725. The molecule has 3 rings (SSSR count). The second-order valence-corrected chi connectivity index (χ2v) is 8.01. The Balaban J connectivity index is 1.83. The number of hydrogen-bond acceptors (Lipinski definition) is 6. The van der Waals surface area contributed by atoms with Crippen LogP contribution in [0.1, 0.15) is 5.56 Å². The van der Waals surface area contributed by atoms with Crippen molar-refractivity contribution < 1.29 is 19.4 Å². The lowest BCUT2D eigenvalue weighted by atomic mass is 10.1. The van der Waals surface area contributed by atoms with Crippen molar-refractivity contribution in [2.75, 3.05) is 19.5 Å². The van der Waals surface area contributed by atoms with Crippen LogP contribution in [0.4, 0.5) is 5.69 Å². The highest BCUT2D eigenvalue weighted by Crippen LogP contribution is 2.38. The highest BCUT2D eigenvalue weighted by molar-refractivity contribution is 9.10. The molecule has 1 aliphatic rings. The first kappa shape index (κ1) is 19.7. The van der Waals surface area contributed by atoms with E-state index >= 15 is 0 Å². The number of ether oxygens (including phenoxy) is 2. The molecule has 2 aromatic carbocycles. The quantitative estimate of drug-likeness (QED) is 0.560. The van der Waals surface area contributed by atoms with Crippen molar-refractivity contribution in [3.63, 3.8) is 0 Å². The van der Waals surface area contributed by atoms with Gasteiger partial charge in [-0.15, -0.1) is 0 Å². The predicted octanol–water partition coefficient (Wildman–Crippen LogP) is 4.42. The molecule has 0 radical (unpaired) electrons. The van der Waals surface area contributed by atoms with Crippen LogP contribution in [0.2, 0.25) is 5.02 Å². The number of hydrogen-bond donors (Lipinski definition) is 3. The summed E-state index contributed by atoms with van der Waals surface area (Å²) in [5.74, 6) is 0.644. The number of halogens is 2. The molecule has 6 nitrogen and oxygen atoms in total. The summed E-state index contributed by atoms with van der Waals surface area (Å²) in [7, 11) is 3.03. The molecule has 1 aliphatic heterocycles. The molecule has 142 valence electrons. The van der Waals surface area contributed by atoms with Gasteiger partial charge in [-0.3, -0.25) is 4.79 Å². The molecular formula is C18H16BrClN2O4S. The first-order valence-corrected chi connectivity index (χ1v) is 9.82. The zero-order chi connectivity index (χ0) is 19.6. The van der Waals surface area contributed by atoms with Gasteiger partial charge in [-0.05, 0) is 36.4 Å². The minimum absolute atomic E-state index is 0.0329. The number of benzene rings is 2. The summed E-state index contributed by atoms with van der Waals surface area (Å²) >= 11 is 10.7. The number of carbonyl (C=O) groups is 1. The molecule has 0 aromatic heterocycles. The SMILES string of the molecule is COc1ccc(Cl)cc1NC1NC(=O)/C(=C/c2cc(Br)cc(OC)c2O)S1. The summed E-state index contributed by atoms with van der Waals surface area (Å²) < 4.78 is 11.2. The number of phenols is 1. The Morgan fingerprint density at radius 3 is 2.70 bits per heavy atom. The van der Waals surface area contributed by atoms with Crippen LogP contribution in [0, 0.1) is 0 Å². The van der Waals surface area contributed by atoms with Crippen molar-refractivity contribution in [1.82, 2.24) is 5.32 Å². The molecule has 0 saturated carbocycles. The molecule has 1 fully saturated rings. The average Bonchev–Trinajstić information content (AvgIpc) is 2.97. The van der Waals surface area contributed by atoms with Gasteiger partial charge in [0.05, 0.1) is 24.8 Å². The number of amides is 1. The summed E-state index contributed by atoms with van der Waals surface area (Å²) in [6.07, 6.45) is 1.61. The standard InChI is InChI=1S/C18H16BrClN2O4S/c1-25-13-4-3-11(20)8-12(13)21-18-22-17(24)15(27-18)6-9-5-10(19)7-14(26-2)16(9)23/h3-8,18,21,23H,1-2H3,(H,22,24)/b15-6-. The number of nitrogens with one attached hydrogen (secondary N) is 2. The second-order valence-electron chi connectivity index (χ2n) is 5.51. The van der Waals surface area contributed by atoms with Crippen LogP contribution in [-0.2, 0) is 4.79 Å². The van der Waals surface area contributed by atoms with Gasteiger partial charge < -0.3 is 25.2 Å². The fraction of sp³-hybridized carbons (Fsp3) is 0.167. The highest BCUT2D eigenvalue weighted by atomic mass is 79.9. The zero-order valence-corrected chi connectivity index (χ0v) is 17.5. The molecule has 27 heavy (non-hydrogen) atoms. The Labute approximate surface area is 174 Å². The molecule has 1 heterocycles. The van der Waals surface area contributed by atoms with Crippen molar-refractivity contribution >= 4 is 57.0 Å². The number of carbonyl (C=O) groups excluding carboxylic acids is 1. The Morgan fingerprint density at radius 2 is 2.00 bits per heavy atom. The van der Waals surface area contributed by atoms with Gasteiger partial charge in [0.2, 0.25) is 0 Å². The monoisotopic (exact) mass is 470 g/mol. The van der Waals surface area contributed by atoms with Crippen molar-refractivity contribution in [3.8, 4) is 17.2 Å². The van der Waals surface area contributed by atoms with E-state index in [2.05, 4.69) is 26.6 Å². The Bertz CT molecular complexity index is 922. The van der Waals surface area contributed by atoms with Crippen molar-refractivity contribution in [2.24, 2.45) is 0 Å². The fourth-order valence-electron chi connectivity index (χ4n) is 2.50. The minimum atomic E-state index is -0.410. The molecule has 1 atom stereocenters. The van der Waals surface area contributed by atoms with E-state index in [0.29, 0.717) is 32.7 Å². The van der Waals surface area contributed by atoms with Gasteiger partial charge in [0, 0.05) is 15.1 Å². The highest BCUT2D eigenvalue weighted by Gasteiger charge is 2.28. The van der Waals surface area contributed by atoms with Gasteiger partial charge in [-0.1, -0.05) is 39.3 Å². The molecule has 1 saturated heterocycles. The first-order valence-electron chi connectivity index (χ1n) is 7.77. The molecule has 1 amide bonds. The van der Waals surface area contributed by atoms with Gasteiger partial charge >= 0.3 is 0 Å². The Morgan fingerprint density at radius 1 is 1.26 bits per heavy atom. The molecule has 0 spiro atoms. The van der Waals surface area contributed by atoms with Crippen molar-refractivity contribution in [1.29, 1.82) is 0 Å². The van der Waals surface area contributed by atoms with E-state index in [4.69, 9.17) is 21.1 Å². The molecule has 3 N–H and O–H groups in total. The second kappa shape index (κ2) is 8.33. The van der Waals surface area contributed by atoms with Crippen LogP contribution in [0.3, 0.4) is 0 Å². The number of phenolic OH excluding ortho intramolecular Hbond substituents is 1. The van der Waals surface area contributed by atoms with E-state index in [1.54, 1.807) is 43.5 Å². The number of rotatable bonds is 5. The third kappa shape index (κ3) is 4.45. The zero-order valence-electron chi connectivity index (χ0n) is 14.4. The van der Waals surface area contributed by atoms with Crippen LogP contribution >= 0.6 is 39.3 Å². The van der Waals surface area contributed by atoms with Crippen LogP contribution < -0.4 is 20.1 Å². The lowest BCUT2D eigenvalue weighted by Crippen LogP contribution is -2.31. The normalized spacial score (nSPS) is 17.7. The maximum absolute atomic E-state index is 12.3. The molecule has 1 unspecified atom stereocenters. The van der Waals surface area contributed by atoms with Gasteiger partial charge in [0.1, 0.15) is 5.75 Å². The molecule has 2 aromatic rings. The van der Waals surface area contributed by atoms with E-state index in [0.717, 1.165) is 4.47 Å². The minimum Gasteiger partial charge on any atom is -0.504 e. The van der Waals surface area contributed by atoms with Crippen LogP contribution in [0.5, 0.6) is 17.2 Å². The predicted molar refractivity (Wildman–Crippen MR) is 111 cm³/mol. The van der Waals surface area contributed by atoms with Gasteiger partial charge in [-0.2, -0.15) is 0 Å². The largest absolute Gasteiger partial charge is 0.504 e. The van der Waals surface area contributed by atoms with Crippen LogP contribution in [0.15, 0.2) is 39.7 Å². The topological polar surface area (TPSA) is 79.8 Å². The number of aromatic hydroxyl groups is 1. The van der Waals surface area contributed by atoms with Gasteiger partial charge in [-0.25, -0.2) is 0 Å². The van der Waals surface area contributed by atoms with Crippen molar-refractivity contribution in [2.45, 2.75) is 5.50 Å². The van der Waals surface area contributed by atoms with Crippen LogP contribution in [0.25, 0.3) is 6.08 Å². The number of methoxy groups -OCH3 is 2. The number of thioether (sulfide) groups is 1. The van der Waals surface area contributed by atoms with Gasteiger partial charge in [0.15, 0.2) is 17.0 Å². The van der Waals surface area contributed by atoms with Gasteiger partial charge in [0.25, 0.3) is 5.91 Å². The van der Waals surface area contributed by atoms with E-state index in [1.165, 1.54) is 18.9 Å². The van der Waals surface area contributed by atoms with E-state index in [9.17, 15) is 9.90 Å². The maximum atomic E-state index is 12.3. The summed E-state index contributed by atoms with van der Waals surface area (Å²) in [5, 5.41) is 16.8. The lowest BCUT2D eigenvalue weighted by Gasteiger charge is -2.15. The maximum Gasteiger partial charge on any atom is 0.260 e. The molecule has 0 bridgehead atoms. The summed E-state index contributed by atoms with van der Waals surface area (Å²) in [6.45, 7) is 0. The Hall–Kier alpha value is -2.03. The summed E-state index contributed by atoms with van der Waals surface area (Å²) in [4.78, 5) is 12.8. The smallest absolute Gasteiger partial charge is 0.260 e.